The average Bonchev–Trinajstić information content (AvgIpc) is 2.64. The second-order valence-electron chi connectivity index (χ2n) is 5.73. The lowest BCUT2D eigenvalue weighted by molar-refractivity contribution is -0.135. The van der Waals surface area contributed by atoms with Gasteiger partial charge in [0.25, 0.3) is 5.91 Å². The molecule has 3 rings (SSSR count). The highest BCUT2D eigenvalue weighted by Gasteiger charge is 2.18. The SMILES string of the molecule is Cc1nc(C(=O)NCC(=O)O)c(O)c2ccc(Oc3ccc(Cl)cc3)cc12. The van der Waals surface area contributed by atoms with Crippen LogP contribution in [0.1, 0.15) is 16.2 Å². The molecule has 0 aliphatic carbocycles. The molecule has 3 N–H and O–H groups in total. The summed E-state index contributed by atoms with van der Waals surface area (Å²) < 4.78 is 5.77. The second-order valence-corrected chi connectivity index (χ2v) is 6.17. The zero-order valence-electron chi connectivity index (χ0n) is 14.2. The Kier molecular flexibility index (Phi) is 5.14. The summed E-state index contributed by atoms with van der Waals surface area (Å²) in [6, 6.07) is 11.8. The van der Waals surface area contributed by atoms with Gasteiger partial charge >= 0.3 is 5.97 Å². The molecule has 27 heavy (non-hydrogen) atoms. The Labute approximate surface area is 159 Å². The third kappa shape index (κ3) is 4.09. The van der Waals surface area contributed by atoms with Crippen LogP contribution < -0.4 is 10.1 Å². The van der Waals surface area contributed by atoms with Gasteiger partial charge in [0.05, 0.1) is 0 Å². The predicted octanol–water partition coefficient (Wildman–Crippen LogP) is 3.51. The number of aromatic nitrogens is 1. The number of carboxylic acids is 1. The first kappa shape index (κ1) is 18.5. The number of pyridine rings is 1. The number of aryl methyl sites for hydroxylation is 1. The quantitative estimate of drug-likeness (QED) is 0.619. The van der Waals surface area contributed by atoms with Crippen LogP contribution in [0.5, 0.6) is 17.2 Å². The van der Waals surface area contributed by atoms with Crippen LogP contribution in [0.15, 0.2) is 42.5 Å². The molecule has 0 aliphatic heterocycles. The van der Waals surface area contributed by atoms with E-state index in [-0.39, 0.29) is 11.4 Å². The number of amides is 1. The third-order valence-electron chi connectivity index (χ3n) is 3.80. The molecule has 0 radical (unpaired) electrons. The number of carbonyl (C=O) groups excluding carboxylic acids is 1. The zero-order valence-corrected chi connectivity index (χ0v) is 14.9. The van der Waals surface area contributed by atoms with Gasteiger partial charge in [-0.05, 0) is 49.4 Å². The Balaban J connectivity index is 1.94. The average molecular weight is 387 g/mol. The van der Waals surface area contributed by atoms with Gasteiger partial charge in [0.15, 0.2) is 11.4 Å². The van der Waals surface area contributed by atoms with E-state index in [4.69, 9.17) is 21.4 Å². The Morgan fingerprint density at radius 2 is 1.78 bits per heavy atom. The number of halogens is 1. The van der Waals surface area contributed by atoms with Crippen molar-refractivity contribution in [3.05, 3.63) is 58.9 Å². The first-order valence-corrected chi connectivity index (χ1v) is 8.29. The minimum absolute atomic E-state index is 0.229. The number of nitrogens with zero attached hydrogens (tertiary/aromatic N) is 1. The summed E-state index contributed by atoms with van der Waals surface area (Å²) in [6.07, 6.45) is 0. The van der Waals surface area contributed by atoms with E-state index >= 15 is 0 Å². The maximum atomic E-state index is 12.1. The minimum Gasteiger partial charge on any atom is -0.505 e. The molecule has 0 saturated heterocycles. The van der Waals surface area contributed by atoms with E-state index < -0.39 is 18.4 Å². The van der Waals surface area contributed by atoms with Crippen LogP contribution in [0.4, 0.5) is 0 Å². The fourth-order valence-electron chi connectivity index (χ4n) is 2.54. The fourth-order valence-corrected chi connectivity index (χ4v) is 2.66. The number of rotatable bonds is 5. The molecule has 2 aromatic carbocycles. The summed E-state index contributed by atoms with van der Waals surface area (Å²) in [4.78, 5) is 26.8. The van der Waals surface area contributed by atoms with Gasteiger partial charge in [0, 0.05) is 21.5 Å². The van der Waals surface area contributed by atoms with Crippen LogP contribution in [0.3, 0.4) is 0 Å². The van der Waals surface area contributed by atoms with Gasteiger partial charge in [-0.15, -0.1) is 0 Å². The molecule has 8 heteroatoms. The van der Waals surface area contributed by atoms with Crippen molar-refractivity contribution in [3.63, 3.8) is 0 Å². The first-order valence-electron chi connectivity index (χ1n) is 7.92. The Morgan fingerprint density at radius 1 is 1.11 bits per heavy atom. The Morgan fingerprint density at radius 3 is 2.44 bits per heavy atom. The molecule has 1 amide bonds. The van der Waals surface area contributed by atoms with Crippen molar-refractivity contribution < 1.29 is 24.5 Å². The highest BCUT2D eigenvalue weighted by molar-refractivity contribution is 6.30. The molecule has 0 aliphatic rings. The molecular formula is C19H15ClN2O5. The third-order valence-corrected chi connectivity index (χ3v) is 4.06. The highest BCUT2D eigenvalue weighted by Crippen LogP contribution is 2.33. The van der Waals surface area contributed by atoms with Gasteiger partial charge in [-0.2, -0.15) is 0 Å². The van der Waals surface area contributed by atoms with Crippen molar-refractivity contribution in [1.82, 2.24) is 10.3 Å². The molecule has 0 fully saturated rings. The lowest BCUT2D eigenvalue weighted by Crippen LogP contribution is -2.30. The summed E-state index contributed by atoms with van der Waals surface area (Å²) in [7, 11) is 0. The smallest absolute Gasteiger partial charge is 0.322 e. The van der Waals surface area contributed by atoms with Crippen LogP contribution in [-0.2, 0) is 4.79 Å². The number of aliphatic carboxylic acids is 1. The maximum absolute atomic E-state index is 12.1. The van der Waals surface area contributed by atoms with Crippen LogP contribution in [0.25, 0.3) is 10.8 Å². The number of hydrogen-bond acceptors (Lipinski definition) is 5. The molecule has 7 nitrogen and oxygen atoms in total. The highest BCUT2D eigenvalue weighted by atomic mass is 35.5. The molecule has 0 unspecified atom stereocenters. The number of fused-ring (bicyclic) bond motifs is 1. The predicted molar refractivity (Wildman–Crippen MR) is 99.6 cm³/mol. The zero-order chi connectivity index (χ0) is 19.6. The van der Waals surface area contributed by atoms with Crippen molar-refractivity contribution in [3.8, 4) is 17.2 Å². The number of carboxylic acid groups (broad SMARTS) is 1. The van der Waals surface area contributed by atoms with Crippen LogP contribution in [0.2, 0.25) is 5.02 Å². The molecule has 0 atom stereocenters. The number of nitrogens with one attached hydrogen (secondary N) is 1. The largest absolute Gasteiger partial charge is 0.505 e. The van der Waals surface area contributed by atoms with Crippen molar-refractivity contribution in [2.45, 2.75) is 6.92 Å². The molecule has 1 heterocycles. The molecule has 0 bridgehead atoms. The summed E-state index contributed by atoms with van der Waals surface area (Å²) in [5.41, 5.74) is 0.262. The Hall–Kier alpha value is -3.32. The number of carbonyl (C=O) groups is 2. The van der Waals surface area contributed by atoms with Crippen LogP contribution >= 0.6 is 11.6 Å². The molecule has 3 aromatic rings. The monoisotopic (exact) mass is 386 g/mol. The van der Waals surface area contributed by atoms with Gasteiger partial charge in [0.1, 0.15) is 18.0 Å². The van der Waals surface area contributed by atoms with Crippen molar-refractivity contribution in [2.75, 3.05) is 6.54 Å². The standard InChI is InChI=1S/C19H15ClN2O5/c1-10-15-8-13(27-12-4-2-11(20)3-5-12)6-7-14(15)18(25)17(22-10)19(26)21-9-16(23)24/h2-8,25H,9H2,1H3,(H,21,26)(H,23,24). The normalized spacial score (nSPS) is 10.6. The first-order chi connectivity index (χ1) is 12.8. The molecule has 0 saturated carbocycles. The van der Waals surface area contributed by atoms with Gasteiger partial charge in [-0.1, -0.05) is 11.6 Å². The van der Waals surface area contributed by atoms with E-state index in [9.17, 15) is 14.7 Å². The van der Waals surface area contributed by atoms with Gasteiger partial charge < -0.3 is 20.3 Å². The van der Waals surface area contributed by atoms with E-state index in [1.165, 1.54) is 0 Å². The topological polar surface area (TPSA) is 109 Å². The van der Waals surface area contributed by atoms with Gasteiger partial charge in [0.2, 0.25) is 0 Å². The number of benzene rings is 2. The summed E-state index contributed by atoms with van der Waals surface area (Å²) in [5, 5.41) is 22.8. The molecule has 1 aromatic heterocycles. The maximum Gasteiger partial charge on any atom is 0.322 e. The lowest BCUT2D eigenvalue weighted by Gasteiger charge is -2.12. The molecule has 138 valence electrons. The summed E-state index contributed by atoms with van der Waals surface area (Å²) in [5.74, 6) is -1.15. The van der Waals surface area contributed by atoms with E-state index in [0.717, 1.165) is 0 Å². The van der Waals surface area contributed by atoms with E-state index in [2.05, 4.69) is 10.3 Å². The fraction of sp³-hybridized carbons (Fsp3) is 0.105. The summed E-state index contributed by atoms with van der Waals surface area (Å²) >= 11 is 5.85. The van der Waals surface area contributed by atoms with Crippen molar-refractivity contribution in [1.29, 1.82) is 0 Å². The van der Waals surface area contributed by atoms with Gasteiger partial charge in [-0.3, -0.25) is 9.59 Å². The van der Waals surface area contributed by atoms with E-state index in [1.54, 1.807) is 49.4 Å². The summed E-state index contributed by atoms with van der Waals surface area (Å²) in [6.45, 7) is 1.12. The Bertz CT molecular complexity index is 1030. The number of hydrogen-bond donors (Lipinski definition) is 3. The lowest BCUT2D eigenvalue weighted by atomic mass is 10.1. The van der Waals surface area contributed by atoms with Crippen molar-refractivity contribution >= 4 is 34.2 Å². The number of ether oxygens (including phenoxy) is 1. The van der Waals surface area contributed by atoms with E-state index in [0.29, 0.717) is 33.0 Å². The number of aromatic hydroxyl groups is 1. The van der Waals surface area contributed by atoms with Gasteiger partial charge in [-0.25, -0.2) is 4.98 Å². The minimum atomic E-state index is -1.19. The molecular weight excluding hydrogens is 372 g/mol. The molecule has 0 spiro atoms. The van der Waals surface area contributed by atoms with E-state index in [1.807, 2.05) is 0 Å². The van der Waals surface area contributed by atoms with Crippen LogP contribution in [0, 0.1) is 6.92 Å². The van der Waals surface area contributed by atoms with Crippen LogP contribution in [-0.4, -0.2) is 33.6 Å². The van der Waals surface area contributed by atoms with Crippen molar-refractivity contribution in [2.24, 2.45) is 0 Å². The second kappa shape index (κ2) is 7.51.